The largest absolute Gasteiger partial charge is 0.497 e. The molecular formula is C17H21N3OS. The number of aryl methyl sites for hydroxylation is 2. The molecule has 2 N–H and O–H groups in total. The van der Waals surface area contributed by atoms with E-state index in [0.717, 1.165) is 36.5 Å². The number of methoxy groups -OCH3 is 1. The smallest absolute Gasteiger partial charge is 0.171 e. The summed E-state index contributed by atoms with van der Waals surface area (Å²) in [7, 11) is 1.68. The topological polar surface area (TPSA) is 46.2 Å². The Morgan fingerprint density at radius 1 is 1.23 bits per heavy atom. The second kappa shape index (κ2) is 8.34. The number of hydrogen-bond donors (Lipinski definition) is 2. The molecule has 0 saturated carbocycles. The van der Waals surface area contributed by atoms with Crippen LogP contribution in [0, 0.1) is 6.92 Å². The van der Waals surface area contributed by atoms with Crippen molar-refractivity contribution >= 4 is 23.1 Å². The molecule has 22 heavy (non-hydrogen) atoms. The molecular weight excluding hydrogens is 294 g/mol. The van der Waals surface area contributed by atoms with Gasteiger partial charge in [-0.3, -0.25) is 0 Å². The molecule has 0 radical (unpaired) electrons. The predicted octanol–water partition coefficient (Wildman–Crippen LogP) is 3.32. The first-order valence-corrected chi connectivity index (χ1v) is 7.68. The van der Waals surface area contributed by atoms with E-state index in [-0.39, 0.29) is 0 Å². The van der Waals surface area contributed by atoms with Crippen molar-refractivity contribution in [2.75, 3.05) is 19.0 Å². The van der Waals surface area contributed by atoms with E-state index < -0.39 is 0 Å². The summed E-state index contributed by atoms with van der Waals surface area (Å²) in [6.45, 7) is 2.85. The summed E-state index contributed by atoms with van der Waals surface area (Å²) < 4.78 is 5.15. The number of benzene rings is 1. The summed E-state index contributed by atoms with van der Waals surface area (Å²) in [5, 5.41) is 6.89. The van der Waals surface area contributed by atoms with Gasteiger partial charge in [-0.05, 0) is 67.4 Å². The Morgan fingerprint density at radius 2 is 2.00 bits per heavy atom. The van der Waals surface area contributed by atoms with E-state index in [2.05, 4.69) is 27.8 Å². The number of anilines is 1. The lowest BCUT2D eigenvalue weighted by Gasteiger charge is -2.10. The molecule has 2 aromatic rings. The molecule has 0 fully saturated rings. The van der Waals surface area contributed by atoms with E-state index in [1.807, 2.05) is 31.2 Å². The zero-order valence-corrected chi connectivity index (χ0v) is 13.7. The van der Waals surface area contributed by atoms with E-state index in [0.29, 0.717) is 5.11 Å². The van der Waals surface area contributed by atoms with Gasteiger partial charge in [0, 0.05) is 12.7 Å². The molecule has 0 aliphatic carbocycles. The summed E-state index contributed by atoms with van der Waals surface area (Å²) in [6, 6.07) is 12.1. The lowest BCUT2D eigenvalue weighted by Crippen LogP contribution is -2.29. The van der Waals surface area contributed by atoms with Crippen molar-refractivity contribution in [3.63, 3.8) is 0 Å². The molecule has 116 valence electrons. The molecule has 0 saturated heterocycles. The maximum absolute atomic E-state index is 5.26. The van der Waals surface area contributed by atoms with Gasteiger partial charge in [-0.25, -0.2) is 4.98 Å². The molecule has 0 unspecified atom stereocenters. The zero-order chi connectivity index (χ0) is 15.8. The molecule has 4 nitrogen and oxygen atoms in total. The van der Waals surface area contributed by atoms with Crippen LogP contribution in [0.15, 0.2) is 42.6 Å². The number of nitrogens with one attached hydrogen (secondary N) is 2. The summed E-state index contributed by atoms with van der Waals surface area (Å²) in [6.07, 6.45) is 3.78. The SMILES string of the molecule is COc1ccc(CCCNC(=S)Nc2cc(C)ccn2)cc1. The van der Waals surface area contributed by atoms with Crippen molar-refractivity contribution in [3.8, 4) is 5.75 Å². The summed E-state index contributed by atoms with van der Waals surface area (Å²) in [5.74, 6) is 1.66. The van der Waals surface area contributed by atoms with E-state index in [9.17, 15) is 0 Å². The van der Waals surface area contributed by atoms with Crippen LogP contribution >= 0.6 is 12.2 Å². The first-order chi connectivity index (χ1) is 10.7. The maximum Gasteiger partial charge on any atom is 0.171 e. The highest BCUT2D eigenvalue weighted by Gasteiger charge is 1.99. The second-order valence-corrected chi connectivity index (χ2v) is 5.46. The van der Waals surface area contributed by atoms with E-state index in [1.54, 1.807) is 13.3 Å². The quantitative estimate of drug-likeness (QED) is 0.632. The molecule has 0 aliphatic heterocycles. The highest BCUT2D eigenvalue weighted by Crippen LogP contribution is 2.12. The highest BCUT2D eigenvalue weighted by molar-refractivity contribution is 7.80. The minimum Gasteiger partial charge on any atom is -0.497 e. The van der Waals surface area contributed by atoms with Crippen molar-refractivity contribution in [1.82, 2.24) is 10.3 Å². The normalized spacial score (nSPS) is 10.1. The van der Waals surface area contributed by atoms with Crippen LogP contribution in [0.4, 0.5) is 5.82 Å². The van der Waals surface area contributed by atoms with E-state index in [1.165, 1.54) is 5.56 Å². The minimum absolute atomic E-state index is 0.604. The molecule has 0 spiro atoms. The number of aromatic nitrogens is 1. The molecule has 0 bridgehead atoms. The number of ether oxygens (including phenoxy) is 1. The van der Waals surface area contributed by atoms with Gasteiger partial charge in [0.2, 0.25) is 0 Å². The molecule has 0 amide bonds. The monoisotopic (exact) mass is 315 g/mol. The van der Waals surface area contributed by atoms with Gasteiger partial charge in [0.15, 0.2) is 5.11 Å². The van der Waals surface area contributed by atoms with Crippen molar-refractivity contribution in [3.05, 3.63) is 53.7 Å². The lowest BCUT2D eigenvalue weighted by molar-refractivity contribution is 0.414. The Bertz CT molecular complexity index is 614. The fourth-order valence-corrected chi connectivity index (χ4v) is 2.26. The predicted molar refractivity (Wildman–Crippen MR) is 94.5 cm³/mol. The number of rotatable bonds is 6. The van der Waals surface area contributed by atoms with Crippen molar-refractivity contribution in [2.24, 2.45) is 0 Å². The summed E-state index contributed by atoms with van der Waals surface area (Å²) in [4.78, 5) is 4.22. The second-order valence-electron chi connectivity index (χ2n) is 5.05. The third kappa shape index (κ3) is 5.33. The molecule has 5 heteroatoms. The molecule has 1 aromatic heterocycles. The molecule has 2 rings (SSSR count). The van der Waals surface area contributed by atoms with Gasteiger partial charge >= 0.3 is 0 Å². The van der Waals surface area contributed by atoms with Gasteiger partial charge in [-0.1, -0.05) is 12.1 Å². The van der Waals surface area contributed by atoms with Crippen LogP contribution in [0.1, 0.15) is 17.5 Å². The summed E-state index contributed by atoms with van der Waals surface area (Å²) in [5.41, 5.74) is 2.45. The lowest BCUT2D eigenvalue weighted by atomic mass is 10.1. The van der Waals surface area contributed by atoms with E-state index >= 15 is 0 Å². The number of pyridine rings is 1. The van der Waals surface area contributed by atoms with Crippen molar-refractivity contribution < 1.29 is 4.74 Å². The van der Waals surface area contributed by atoms with Crippen LogP contribution in [0.2, 0.25) is 0 Å². The average Bonchev–Trinajstić information content (AvgIpc) is 2.52. The molecule has 0 atom stereocenters. The van der Waals surface area contributed by atoms with Crippen LogP contribution in [0.25, 0.3) is 0 Å². The van der Waals surface area contributed by atoms with Crippen LogP contribution in [-0.2, 0) is 6.42 Å². The van der Waals surface area contributed by atoms with Gasteiger partial charge < -0.3 is 15.4 Å². The van der Waals surface area contributed by atoms with Crippen molar-refractivity contribution in [2.45, 2.75) is 19.8 Å². The van der Waals surface area contributed by atoms with Gasteiger partial charge in [-0.15, -0.1) is 0 Å². The Labute approximate surface area is 136 Å². The maximum atomic E-state index is 5.26. The Balaban J connectivity index is 1.68. The van der Waals surface area contributed by atoms with Crippen LogP contribution in [0.3, 0.4) is 0 Å². The fraction of sp³-hybridized carbons (Fsp3) is 0.294. The Kier molecular flexibility index (Phi) is 6.15. The highest BCUT2D eigenvalue weighted by atomic mass is 32.1. The number of thiocarbonyl (C=S) groups is 1. The standard InChI is InChI=1S/C17H21N3OS/c1-13-9-11-18-16(12-13)20-17(22)19-10-3-4-14-5-7-15(21-2)8-6-14/h5-9,11-12H,3-4,10H2,1-2H3,(H2,18,19,20,22). The third-order valence-corrected chi connectivity index (χ3v) is 3.49. The van der Waals surface area contributed by atoms with Gasteiger partial charge in [-0.2, -0.15) is 0 Å². The van der Waals surface area contributed by atoms with Gasteiger partial charge in [0.25, 0.3) is 0 Å². The van der Waals surface area contributed by atoms with Gasteiger partial charge in [0.05, 0.1) is 7.11 Å². The molecule has 1 aromatic carbocycles. The first kappa shape index (κ1) is 16.2. The Morgan fingerprint density at radius 3 is 2.68 bits per heavy atom. The van der Waals surface area contributed by atoms with E-state index in [4.69, 9.17) is 17.0 Å². The number of hydrogen-bond acceptors (Lipinski definition) is 3. The first-order valence-electron chi connectivity index (χ1n) is 7.28. The number of nitrogens with zero attached hydrogens (tertiary/aromatic N) is 1. The average molecular weight is 315 g/mol. The van der Waals surface area contributed by atoms with Crippen molar-refractivity contribution in [1.29, 1.82) is 0 Å². The third-order valence-electron chi connectivity index (χ3n) is 3.24. The minimum atomic E-state index is 0.604. The molecule has 0 aliphatic rings. The zero-order valence-electron chi connectivity index (χ0n) is 12.9. The van der Waals surface area contributed by atoms with Crippen LogP contribution in [-0.4, -0.2) is 23.8 Å². The Hall–Kier alpha value is -2.14. The molecule has 1 heterocycles. The van der Waals surface area contributed by atoms with Crippen LogP contribution < -0.4 is 15.4 Å². The van der Waals surface area contributed by atoms with Crippen LogP contribution in [0.5, 0.6) is 5.75 Å². The summed E-state index contributed by atoms with van der Waals surface area (Å²) >= 11 is 5.26. The van der Waals surface area contributed by atoms with Gasteiger partial charge in [0.1, 0.15) is 11.6 Å². The fourth-order valence-electron chi connectivity index (χ4n) is 2.05.